The molecule has 0 aromatic heterocycles. The van der Waals surface area contributed by atoms with Crippen LogP contribution < -0.4 is 9.04 Å². The van der Waals surface area contributed by atoms with Crippen LogP contribution in [0.4, 0.5) is 23.2 Å². The monoisotopic (exact) mass is 556 g/mol. The van der Waals surface area contributed by atoms with E-state index >= 15 is 0 Å². The van der Waals surface area contributed by atoms with Crippen molar-refractivity contribution < 1.29 is 35.5 Å². The number of nitrogens with zero attached hydrogens (tertiary/aromatic N) is 2. The fourth-order valence-corrected chi connectivity index (χ4v) is 5.71. The Morgan fingerprint density at radius 3 is 2.22 bits per heavy atom. The Kier molecular flexibility index (Phi) is 7.65. The molecular formula is C25H21ClF4N2O4S. The number of rotatable bonds is 7. The Labute approximate surface area is 216 Å². The maximum Gasteiger partial charge on any atom is 0.573 e. The smallest absolute Gasteiger partial charge is 0.406 e. The third kappa shape index (κ3) is 6.34. The van der Waals surface area contributed by atoms with Crippen molar-refractivity contribution >= 4 is 33.2 Å². The van der Waals surface area contributed by atoms with Crippen molar-refractivity contribution in [2.45, 2.75) is 30.1 Å². The number of benzene rings is 3. The largest absolute Gasteiger partial charge is 0.573 e. The van der Waals surface area contributed by atoms with Gasteiger partial charge < -0.3 is 9.64 Å². The van der Waals surface area contributed by atoms with E-state index in [4.69, 9.17) is 11.6 Å². The van der Waals surface area contributed by atoms with Crippen molar-refractivity contribution in [3.05, 3.63) is 89.2 Å². The summed E-state index contributed by atoms with van der Waals surface area (Å²) in [5.74, 6) is -1.48. The Bertz CT molecular complexity index is 1350. The zero-order valence-corrected chi connectivity index (χ0v) is 20.7. The van der Waals surface area contributed by atoms with E-state index in [-0.39, 0.29) is 16.6 Å². The van der Waals surface area contributed by atoms with Gasteiger partial charge in [-0.05, 0) is 79.1 Å². The summed E-state index contributed by atoms with van der Waals surface area (Å²) in [6.07, 6.45) is -3.62. The molecule has 1 aliphatic rings. The maximum absolute atomic E-state index is 13.6. The molecule has 37 heavy (non-hydrogen) atoms. The summed E-state index contributed by atoms with van der Waals surface area (Å²) in [6.45, 7) is -0.179. The van der Waals surface area contributed by atoms with Gasteiger partial charge in [-0.15, -0.1) is 13.2 Å². The first kappa shape index (κ1) is 26.7. The topological polar surface area (TPSA) is 66.9 Å². The third-order valence-corrected chi connectivity index (χ3v) is 7.91. The molecule has 3 aromatic carbocycles. The van der Waals surface area contributed by atoms with Crippen LogP contribution in [0.15, 0.2) is 77.7 Å². The van der Waals surface area contributed by atoms with E-state index in [2.05, 4.69) is 4.74 Å². The van der Waals surface area contributed by atoms with Crippen LogP contribution >= 0.6 is 11.6 Å². The highest BCUT2D eigenvalue weighted by Crippen LogP contribution is 2.34. The minimum Gasteiger partial charge on any atom is -0.406 e. The molecule has 1 saturated heterocycles. The van der Waals surface area contributed by atoms with E-state index in [1.807, 2.05) is 0 Å². The van der Waals surface area contributed by atoms with E-state index < -0.39 is 40.4 Å². The van der Waals surface area contributed by atoms with Gasteiger partial charge in [-0.3, -0.25) is 9.10 Å². The molecule has 0 bridgehead atoms. The number of hydrogen-bond donors (Lipinski definition) is 0. The molecule has 1 aliphatic heterocycles. The minimum atomic E-state index is -4.93. The molecule has 1 atom stereocenters. The van der Waals surface area contributed by atoms with Gasteiger partial charge in [-0.2, -0.15) is 0 Å². The highest BCUT2D eigenvalue weighted by molar-refractivity contribution is 7.92. The summed E-state index contributed by atoms with van der Waals surface area (Å²) >= 11 is 5.95. The van der Waals surface area contributed by atoms with Crippen molar-refractivity contribution in [2.24, 2.45) is 0 Å². The second-order valence-corrected chi connectivity index (χ2v) is 10.6. The van der Waals surface area contributed by atoms with Crippen molar-refractivity contribution in [1.82, 2.24) is 4.90 Å². The number of amides is 1. The minimum absolute atomic E-state index is 0.144. The SMILES string of the molecule is O=C(CN(c1ccc(Cl)cc1)S(=O)(=O)c1ccc(OC(F)(F)F)cc1)N1CCCC1c1ccc(F)cc1. The number of sulfonamides is 1. The molecular weight excluding hydrogens is 536 g/mol. The van der Waals surface area contributed by atoms with Crippen LogP contribution in [-0.4, -0.2) is 38.7 Å². The Hall–Kier alpha value is -3.31. The number of hydrogen-bond acceptors (Lipinski definition) is 4. The molecule has 1 amide bonds. The Morgan fingerprint density at radius 1 is 1.00 bits per heavy atom. The summed E-state index contributed by atoms with van der Waals surface area (Å²) in [4.78, 5) is 14.6. The molecule has 0 spiro atoms. The first-order valence-electron chi connectivity index (χ1n) is 11.1. The number of anilines is 1. The highest BCUT2D eigenvalue weighted by atomic mass is 35.5. The molecule has 1 fully saturated rings. The molecule has 6 nitrogen and oxygen atoms in total. The van der Waals surface area contributed by atoms with Gasteiger partial charge in [-0.25, -0.2) is 12.8 Å². The van der Waals surface area contributed by atoms with E-state index in [9.17, 15) is 30.8 Å². The lowest BCUT2D eigenvalue weighted by Crippen LogP contribution is -2.42. The lowest BCUT2D eigenvalue weighted by atomic mass is 10.0. The average Bonchev–Trinajstić information content (AvgIpc) is 3.33. The molecule has 4 rings (SSSR count). The lowest BCUT2D eigenvalue weighted by Gasteiger charge is -2.30. The molecule has 0 aliphatic carbocycles. The normalized spacial score (nSPS) is 16.0. The van der Waals surface area contributed by atoms with Gasteiger partial charge in [0.25, 0.3) is 10.0 Å². The second-order valence-electron chi connectivity index (χ2n) is 8.30. The van der Waals surface area contributed by atoms with Crippen molar-refractivity contribution in [2.75, 3.05) is 17.4 Å². The van der Waals surface area contributed by atoms with Crippen molar-refractivity contribution in [3.8, 4) is 5.75 Å². The molecule has 12 heteroatoms. The first-order chi connectivity index (χ1) is 17.4. The number of ether oxygens (including phenoxy) is 1. The van der Waals surface area contributed by atoms with Gasteiger partial charge in [0.05, 0.1) is 16.6 Å². The van der Waals surface area contributed by atoms with Crippen LogP contribution in [0, 0.1) is 5.82 Å². The maximum atomic E-state index is 13.6. The molecule has 1 heterocycles. The third-order valence-electron chi connectivity index (χ3n) is 5.87. The van der Waals surface area contributed by atoms with Crippen molar-refractivity contribution in [1.29, 1.82) is 0 Å². The zero-order chi connectivity index (χ0) is 26.8. The fourth-order valence-electron chi connectivity index (χ4n) is 4.17. The number of halogens is 5. The van der Waals surface area contributed by atoms with E-state index in [1.54, 1.807) is 17.0 Å². The fraction of sp³-hybridized carbons (Fsp3) is 0.240. The van der Waals surface area contributed by atoms with Gasteiger partial charge in [-0.1, -0.05) is 23.7 Å². The number of carbonyl (C=O) groups is 1. The van der Waals surface area contributed by atoms with E-state index in [1.165, 1.54) is 36.4 Å². The van der Waals surface area contributed by atoms with Crippen LogP contribution in [0.1, 0.15) is 24.4 Å². The van der Waals surface area contributed by atoms with Gasteiger partial charge in [0.15, 0.2) is 0 Å². The summed E-state index contributed by atoms with van der Waals surface area (Å²) in [6, 6.07) is 14.9. The van der Waals surface area contributed by atoms with Crippen LogP contribution in [-0.2, 0) is 14.8 Å². The molecule has 0 N–H and O–H groups in total. The standard InChI is InChI=1S/C25H21ClF4N2O4S/c26-18-5-9-20(10-6-18)32(37(34,35)22-13-11-21(12-14-22)36-25(28,29)30)16-24(33)31-15-1-2-23(31)17-3-7-19(27)8-4-17/h3-14,23H,1-2,15-16H2. The molecule has 0 saturated carbocycles. The lowest BCUT2D eigenvalue weighted by molar-refractivity contribution is -0.274. The molecule has 3 aromatic rings. The van der Waals surface area contributed by atoms with Gasteiger partial charge >= 0.3 is 6.36 Å². The molecule has 0 radical (unpaired) electrons. The summed E-state index contributed by atoms with van der Waals surface area (Å²) < 4.78 is 82.7. The second kappa shape index (κ2) is 10.6. The number of likely N-dealkylation sites (tertiary alicyclic amines) is 1. The Morgan fingerprint density at radius 2 is 1.62 bits per heavy atom. The van der Waals surface area contributed by atoms with E-state index in [0.29, 0.717) is 24.4 Å². The predicted molar refractivity (Wildman–Crippen MR) is 129 cm³/mol. The van der Waals surface area contributed by atoms with Gasteiger partial charge in [0, 0.05) is 11.6 Å². The first-order valence-corrected chi connectivity index (χ1v) is 12.9. The quantitative estimate of drug-likeness (QED) is 0.338. The Balaban J connectivity index is 1.64. The van der Waals surface area contributed by atoms with E-state index in [0.717, 1.165) is 34.1 Å². The van der Waals surface area contributed by atoms with Gasteiger partial charge in [0.2, 0.25) is 5.91 Å². The predicted octanol–water partition coefficient (Wildman–Crippen LogP) is 5.94. The molecule has 1 unspecified atom stereocenters. The van der Waals surface area contributed by atoms with Crippen LogP contribution in [0.2, 0.25) is 5.02 Å². The molecule has 196 valence electrons. The summed E-state index contributed by atoms with van der Waals surface area (Å²) in [5, 5.41) is 0.344. The number of carbonyl (C=O) groups excluding carboxylic acids is 1. The highest BCUT2D eigenvalue weighted by Gasteiger charge is 2.35. The van der Waals surface area contributed by atoms with Gasteiger partial charge in [0.1, 0.15) is 18.1 Å². The van der Waals surface area contributed by atoms with Crippen molar-refractivity contribution in [3.63, 3.8) is 0 Å². The van der Waals surface area contributed by atoms with Crippen LogP contribution in [0.5, 0.6) is 5.75 Å². The summed E-state index contributed by atoms with van der Waals surface area (Å²) in [7, 11) is -4.38. The van der Waals surface area contributed by atoms with Crippen LogP contribution in [0.3, 0.4) is 0 Å². The summed E-state index contributed by atoms with van der Waals surface area (Å²) in [5.41, 5.74) is 0.874. The zero-order valence-electron chi connectivity index (χ0n) is 19.2. The average molecular weight is 557 g/mol. The number of alkyl halides is 3. The van der Waals surface area contributed by atoms with Crippen LogP contribution in [0.25, 0.3) is 0 Å².